The van der Waals surface area contributed by atoms with Gasteiger partial charge in [-0.15, -0.1) is 0 Å². The van der Waals surface area contributed by atoms with Crippen molar-refractivity contribution in [3.8, 4) is 0 Å². The molecule has 5 heteroatoms. The molecule has 0 aliphatic carbocycles. The van der Waals surface area contributed by atoms with E-state index in [0.717, 1.165) is 12.1 Å². The number of nitrogens with one attached hydrogen (secondary N) is 2. The van der Waals surface area contributed by atoms with Gasteiger partial charge in [-0.2, -0.15) is 0 Å². The van der Waals surface area contributed by atoms with Crippen LogP contribution in [0.2, 0.25) is 0 Å². The average Bonchev–Trinajstić information content (AvgIpc) is 2.63. The molecule has 0 aliphatic heterocycles. The molecule has 2 rings (SSSR count). The van der Waals surface area contributed by atoms with Crippen LogP contribution in [0, 0.1) is 0 Å². The Morgan fingerprint density at radius 2 is 1.72 bits per heavy atom. The number of rotatable bonds is 8. The van der Waals surface area contributed by atoms with E-state index >= 15 is 0 Å². The van der Waals surface area contributed by atoms with Gasteiger partial charge in [0.15, 0.2) is 0 Å². The quantitative estimate of drug-likeness (QED) is 0.716. The Balaban J connectivity index is 1.86. The Morgan fingerprint density at radius 3 is 2.40 bits per heavy atom. The number of anilines is 2. The number of aryl methyl sites for hydroxylation is 1. The van der Waals surface area contributed by atoms with Crippen molar-refractivity contribution < 1.29 is 14.3 Å². The fourth-order valence-electron chi connectivity index (χ4n) is 2.37. The van der Waals surface area contributed by atoms with E-state index in [2.05, 4.69) is 29.7 Å². The number of benzene rings is 2. The number of hydrogen-bond acceptors (Lipinski definition) is 4. The third kappa shape index (κ3) is 5.64. The van der Waals surface area contributed by atoms with E-state index in [1.165, 1.54) is 5.56 Å². The summed E-state index contributed by atoms with van der Waals surface area (Å²) < 4.78 is 5.01. The molecule has 0 saturated carbocycles. The van der Waals surface area contributed by atoms with Crippen molar-refractivity contribution >= 4 is 23.3 Å². The molecule has 0 bridgehead atoms. The average molecular weight is 340 g/mol. The van der Waals surface area contributed by atoms with E-state index < -0.39 is 5.97 Å². The van der Waals surface area contributed by atoms with Gasteiger partial charge < -0.3 is 15.4 Å². The predicted molar refractivity (Wildman–Crippen MR) is 100.0 cm³/mol. The topological polar surface area (TPSA) is 67.4 Å². The van der Waals surface area contributed by atoms with E-state index in [9.17, 15) is 9.59 Å². The number of hydrogen-bond donors (Lipinski definition) is 2. The monoisotopic (exact) mass is 340 g/mol. The highest BCUT2D eigenvalue weighted by atomic mass is 16.5. The molecule has 0 unspecified atom stereocenters. The van der Waals surface area contributed by atoms with Crippen molar-refractivity contribution in [1.82, 2.24) is 0 Å². The largest absolute Gasteiger partial charge is 0.462 e. The van der Waals surface area contributed by atoms with Crippen LogP contribution in [0.5, 0.6) is 0 Å². The maximum atomic E-state index is 12.1. The van der Waals surface area contributed by atoms with E-state index in [4.69, 9.17) is 4.74 Å². The van der Waals surface area contributed by atoms with Gasteiger partial charge in [0.25, 0.3) is 0 Å². The van der Waals surface area contributed by atoms with Crippen molar-refractivity contribution in [3.63, 3.8) is 0 Å². The van der Waals surface area contributed by atoms with Gasteiger partial charge in [-0.1, -0.05) is 31.2 Å². The van der Waals surface area contributed by atoms with Gasteiger partial charge in [-0.3, -0.25) is 4.79 Å². The van der Waals surface area contributed by atoms with E-state index in [-0.39, 0.29) is 5.91 Å². The standard InChI is InChI=1S/C20H24N2O3/c1-3-15-9-11-16(12-10-15)21-14-13-19(23)22-18-8-6-5-7-17(18)20(24)25-4-2/h5-12,21H,3-4,13-14H2,1-2H3,(H,22,23). The molecule has 0 atom stereocenters. The smallest absolute Gasteiger partial charge is 0.340 e. The lowest BCUT2D eigenvalue weighted by Crippen LogP contribution is -2.18. The molecule has 2 aromatic rings. The molecule has 0 aromatic heterocycles. The Kier molecular flexibility index (Phi) is 7.01. The van der Waals surface area contributed by atoms with Crippen molar-refractivity contribution in [2.45, 2.75) is 26.7 Å². The minimum atomic E-state index is -0.437. The third-order valence-electron chi connectivity index (χ3n) is 3.74. The number of esters is 1. The lowest BCUT2D eigenvalue weighted by atomic mass is 10.1. The molecule has 0 saturated heterocycles. The van der Waals surface area contributed by atoms with Crippen LogP contribution in [0.3, 0.4) is 0 Å². The fourth-order valence-corrected chi connectivity index (χ4v) is 2.37. The van der Waals surface area contributed by atoms with E-state index in [1.54, 1.807) is 31.2 Å². The normalized spacial score (nSPS) is 10.2. The molecule has 0 heterocycles. The lowest BCUT2D eigenvalue weighted by molar-refractivity contribution is -0.115. The number of para-hydroxylation sites is 1. The Morgan fingerprint density at radius 1 is 1.00 bits per heavy atom. The molecule has 0 spiro atoms. The molecule has 25 heavy (non-hydrogen) atoms. The number of ether oxygens (including phenoxy) is 1. The molecule has 1 amide bonds. The summed E-state index contributed by atoms with van der Waals surface area (Å²) in [5.74, 6) is -0.595. The van der Waals surface area contributed by atoms with Gasteiger partial charge in [-0.25, -0.2) is 4.79 Å². The second-order valence-electron chi connectivity index (χ2n) is 5.54. The zero-order valence-electron chi connectivity index (χ0n) is 14.7. The maximum Gasteiger partial charge on any atom is 0.340 e. The van der Waals surface area contributed by atoms with Crippen LogP contribution in [-0.4, -0.2) is 25.0 Å². The zero-order chi connectivity index (χ0) is 18.1. The maximum absolute atomic E-state index is 12.1. The molecule has 132 valence electrons. The Bertz CT molecular complexity index is 711. The highest BCUT2D eigenvalue weighted by molar-refractivity contribution is 6.01. The number of carbonyl (C=O) groups excluding carboxylic acids is 2. The number of amides is 1. The minimum Gasteiger partial charge on any atom is -0.462 e. The summed E-state index contributed by atoms with van der Waals surface area (Å²) in [5.41, 5.74) is 3.09. The Labute approximate surface area is 148 Å². The molecular formula is C20H24N2O3. The van der Waals surface area contributed by atoms with Gasteiger partial charge in [0.1, 0.15) is 0 Å². The first-order valence-corrected chi connectivity index (χ1v) is 8.52. The van der Waals surface area contributed by atoms with Crippen LogP contribution < -0.4 is 10.6 Å². The van der Waals surface area contributed by atoms with Crippen LogP contribution in [-0.2, 0) is 16.0 Å². The summed E-state index contributed by atoms with van der Waals surface area (Å²) in [6.45, 7) is 4.67. The van der Waals surface area contributed by atoms with Gasteiger partial charge in [0.05, 0.1) is 17.9 Å². The van der Waals surface area contributed by atoms with Crippen molar-refractivity contribution in [2.24, 2.45) is 0 Å². The fraction of sp³-hybridized carbons (Fsp3) is 0.300. The molecule has 0 radical (unpaired) electrons. The Hall–Kier alpha value is -2.82. The van der Waals surface area contributed by atoms with Crippen LogP contribution in [0.15, 0.2) is 48.5 Å². The summed E-state index contributed by atoms with van der Waals surface area (Å²) >= 11 is 0. The molecule has 2 N–H and O–H groups in total. The van der Waals surface area contributed by atoms with Gasteiger partial charge in [0.2, 0.25) is 5.91 Å². The van der Waals surface area contributed by atoms with Crippen LogP contribution in [0.1, 0.15) is 36.2 Å². The van der Waals surface area contributed by atoms with E-state index in [0.29, 0.717) is 30.8 Å². The van der Waals surface area contributed by atoms with Crippen LogP contribution in [0.4, 0.5) is 11.4 Å². The molecular weight excluding hydrogens is 316 g/mol. The predicted octanol–water partition coefficient (Wildman–Crippen LogP) is 3.87. The van der Waals surface area contributed by atoms with Crippen molar-refractivity contribution in [3.05, 3.63) is 59.7 Å². The van der Waals surface area contributed by atoms with Crippen molar-refractivity contribution in [1.29, 1.82) is 0 Å². The molecule has 0 aliphatic rings. The summed E-state index contributed by atoms with van der Waals surface area (Å²) in [4.78, 5) is 24.0. The lowest BCUT2D eigenvalue weighted by Gasteiger charge is -2.11. The molecule has 0 fully saturated rings. The molecule has 5 nitrogen and oxygen atoms in total. The SMILES string of the molecule is CCOC(=O)c1ccccc1NC(=O)CCNc1ccc(CC)cc1. The van der Waals surface area contributed by atoms with E-state index in [1.807, 2.05) is 12.1 Å². The minimum absolute atomic E-state index is 0.158. The van der Waals surface area contributed by atoms with Gasteiger partial charge in [0, 0.05) is 18.7 Å². The highest BCUT2D eigenvalue weighted by Crippen LogP contribution is 2.16. The first-order valence-electron chi connectivity index (χ1n) is 8.52. The van der Waals surface area contributed by atoms with Crippen molar-refractivity contribution in [2.75, 3.05) is 23.8 Å². The van der Waals surface area contributed by atoms with Crippen LogP contribution in [0.25, 0.3) is 0 Å². The summed E-state index contributed by atoms with van der Waals surface area (Å²) in [7, 11) is 0. The number of carbonyl (C=O) groups is 2. The summed E-state index contributed by atoms with van der Waals surface area (Å²) in [6.07, 6.45) is 1.30. The summed E-state index contributed by atoms with van der Waals surface area (Å²) in [5, 5.41) is 5.99. The second-order valence-corrected chi connectivity index (χ2v) is 5.54. The van der Waals surface area contributed by atoms with Crippen LogP contribution >= 0.6 is 0 Å². The summed E-state index contributed by atoms with van der Waals surface area (Å²) in [6, 6.07) is 15.0. The van der Waals surface area contributed by atoms with Gasteiger partial charge in [-0.05, 0) is 43.2 Å². The third-order valence-corrected chi connectivity index (χ3v) is 3.74. The second kappa shape index (κ2) is 9.47. The first kappa shape index (κ1) is 18.5. The van der Waals surface area contributed by atoms with Gasteiger partial charge >= 0.3 is 5.97 Å². The highest BCUT2D eigenvalue weighted by Gasteiger charge is 2.13. The zero-order valence-corrected chi connectivity index (χ0v) is 14.7. The first-order chi connectivity index (χ1) is 12.1. The molecule has 2 aromatic carbocycles.